The van der Waals surface area contributed by atoms with E-state index in [9.17, 15) is 0 Å². The van der Waals surface area contributed by atoms with Crippen molar-refractivity contribution in [1.29, 1.82) is 0 Å². The molecule has 0 heterocycles. The Morgan fingerprint density at radius 3 is 2.54 bits per heavy atom. The van der Waals surface area contributed by atoms with Crippen LogP contribution in [0, 0.1) is 6.92 Å². The smallest absolute Gasteiger partial charge is 0.193 e. The average Bonchev–Trinajstić information content (AvgIpc) is 2.08. The third-order valence-corrected chi connectivity index (χ3v) is 2.08. The van der Waals surface area contributed by atoms with Gasteiger partial charge in [0.1, 0.15) is 5.75 Å². The van der Waals surface area contributed by atoms with Crippen LogP contribution in [0.5, 0.6) is 5.75 Å². The fourth-order valence-electron chi connectivity index (χ4n) is 0.858. The third-order valence-electron chi connectivity index (χ3n) is 1.64. The molecule has 0 amide bonds. The molecule has 1 nitrogen and oxygen atoms in total. The molecule has 0 radical (unpaired) electrons. The molecule has 0 unspecified atom stereocenters. The fourth-order valence-corrected chi connectivity index (χ4v) is 0.948. The summed E-state index contributed by atoms with van der Waals surface area (Å²) in [6, 6.07) is 7.76. The highest BCUT2D eigenvalue weighted by molar-refractivity contribution is 7.80. The SMILES string of the molecule is C=C(C)C(=S)Oc1ccccc1C. The van der Waals surface area contributed by atoms with Gasteiger partial charge in [0.2, 0.25) is 0 Å². The van der Waals surface area contributed by atoms with Crippen LogP contribution in [0.2, 0.25) is 0 Å². The molecule has 0 spiro atoms. The highest BCUT2D eigenvalue weighted by Gasteiger charge is 2.02. The van der Waals surface area contributed by atoms with Crippen LogP contribution in [0.15, 0.2) is 36.4 Å². The number of hydrogen-bond acceptors (Lipinski definition) is 2. The van der Waals surface area contributed by atoms with E-state index >= 15 is 0 Å². The zero-order valence-electron chi connectivity index (χ0n) is 7.83. The first-order chi connectivity index (χ1) is 6.11. The van der Waals surface area contributed by atoms with Crippen LogP contribution in [0.3, 0.4) is 0 Å². The largest absolute Gasteiger partial charge is 0.445 e. The molecule has 0 atom stereocenters. The standard InChI is InChI=1S/C11H12OS/c1-8(2)11(13)12-10-7-5-4-6-9(10)3/h4-7H,1H2,2-3H3. The summed E-state index contributed by atoms with van der Waals surface area (Å²) in [4.78, 5) is 0. The van der Waals surface area contributed by atoms with Gasteiger partial charge in [-0.25, -0.2) is 0 Å². The lowest BCUT2D eigenvalue weighted by molar-refractivity contribution is 0.560. The number of thiocarbonyl (C=S) groups is 1. The van der Waals surface area contributed by atoms with Crippen molar-refractivity contribution in [2.45, 2.75) is 13.8 Å². The van der Waals surface area contributed by atoms with Gasteiger partial charge < -0.3 is 4.74 Å². The first kappa shape index (κ1) is 9.93. The molecule has 1 rings (SSSR count). The number of rotatable bonds is 2. The molecular formula is C11H12OS. The minimum absolute atomic E-state index is 0.453. The summed E-state index contributed by atoms with van der Waals surface area (Å²) in [6.07, 6.45) is 0. The van der Waals surface area contributed by atoms with Crippen molar-refractivity contribution in [2.24, 2.45) is 0 Å². The molecule has 0 aliphatic heterocycles. The second-order valence-corrected chi connectivity index (χ2v) is 3.31. The van der Waals surface area contributed by atoms with Gasteiger partial charge in [0.05, 0.1) is 0 Å². The van der Waals surface area contributed by atoms with E-state index in [-0.39, 0.29) is 0 Å². The zero-order chi connectivity index (χ0) is 9.84. The summed E-state index contributed by atoms with van der Waals surface area (Å²) in [5, 5.41) is 0.453. The van der Waals surface area contributed by atoms with Crippen molar-refractivity contribution in [1.82, 2.24) is 0 Å². The monoisotopic (exact) mass is 192 g/mol. The third kappa shape index (κ3) is 2.67. The number of ether oxygens (including phenoxy) is 1. The quantitative estimate of drug-likeness (QED) is 0.525. The molecule has 1 aromatic rings. The van der Waals surface area contributed by atoms with Crippen LogP contribution in [-0.2, 0) is 0 Å². The number of hydrogen-bond donors (Lipinski definition) is 0. The maximum absolute atomic E-state index is 5.44. The Hall–Kier alpha value is -1.15. The van der Waals surface area contributed by atoms with Crippen molar-refractivity contribution in [2.75, 3.05) is 0 Å². The predicted molar refractivity (Wildman–Crippen MR) is 59.2 cm³/mol. The molecule has 0 bridgehead atoms. The van der Waals surface area contributed by atoms with Gasteiger partial charge >= 0.3 is 0 Å². The van der Waals surface area contributed by atoms with E-state index in [0.717, 1.165) is 16.9 Å². The minimum Gasteiger partial charge on any atom is -0.445 e. The van der Waals surface area contributed by atoms with Gasteiger partial charge in [-0.05, 0) is 43.3 Å². The van der Waals surface area contributed by atoms with Gasteiger partial charge in [-0.1, -0.05) is 24.8 Å². The maximum Gasteiger partial charge on any atom is 0.193 e. The average molecular weight is 192 g/mol. The Kier molecular flexibility index (Phi) is 3.20. The molecule has 1 aromatic carbocycles. The Balaban J connectivity index is 2.81. The molecule has 0 fully saturated rings. The van der Waals surface area contributed by atoms with Crippen LogP contribution >= 0.6 is 12.2 Å². The van der Waals surface area contributed by atoms with Crippen molar-refractivity contribution in [3.05, 3.63) is 42.0 Å². The van der Waals surface area contributed by atoms with Crippen molar-refractivity contribution in [3.63, 3.8) is 0 Å². The van der Waals surface area contributed by atoms with E-state index in [0.29, 0.717) is 5.05 Å². The first-order valence-corrected chi connectivity index (χ1v) is 4.45. The van der Waals surface area contributed by atoms with Crippen LogP contribution in [-0.4, -0.2) is 5.05 Å². The highest BCUT2D eigenvalue weighted by Crippen LogP contribution is 2.17. The summed E-state index contributed by atoms with van der Waals surface area (Å²) in [5.41, 5.74) is 1.85. The molecule has 0 saturated heterocycles. The molecule has 13 heavy (non-hydrogen) atoms. The second-order valence-electron chi connectivity index (χ2n) is 2.94. The van der Waals surface area contributed by atoms with Gasteiger partial charge in [-0.15, -0.1) is 0 Å². The first-order valence-electron chi connectivity index (χ1n) is 4.04. The van der Waals surface area contributed by atoms with Gasteiger partial charge in [0, 0.05) is 0 Å². The van der Waals surface area contributed by atoms with E-state index in [1.165, 1.54) is 0 Å². The van der Waals surface area contributed by atoms with Gasteiger partial charge in [-0.2, -0.15) is 0 Å². The van der Waals surface area contributed by atoms with E-state index in [4.69, 9.17) is 17.0 Å². The van der Waals surface area contributed by atoms with E-state index in [1.54, 1.807) is 0 Å². The second kappa shape index (κ2) is 4.19. The van der Waals surface area contributed by atoms with Crippen LogP contribution in [0.25, 0.3) is 0 Å². The molecule has 0 N–H and O–H groups in total. The van der Waals surface area contributed by atoms with Crippen molar-refractivity contribution < 1.29 is 4.74 Å². The maximum atomic E-state index is 5.44. The lowest BCUT2D eigenvalue weighted by Crippen LogP contribution is -2.06. The van der Waals surface area contributed by atoms with Crippen LogP contribution in [0.1, 0.15) is 12.5 Å². The highest BCUT2D eigenvalue weighted by atomic mass is 32.1. The summed E-state index contributed by atoms with van der Waals surface area (Å²) < 4.78 is 5.44. The van der Waals surface area contributed by atoms with Crippen molar-refractivity contribution >= 4 is 17.3 Å². The topological polar surface area (TPSA) is 9.23 Å². The normalized spacial score (nSPS) is 9.38. The van der Waals surface area contributed by atoms with Gasteiger partial charge in [0.15, 0.2) is 5.05 Å². The lowest BCUT2D eigenvalue weighted by Gasteiger charge is -2.08. The number of aryl methyl sites for hydroxylation is 1. The fraction of sp³-hybridized carbons (Fsp3) is 0.182. The summed E-state index contributed by atoms with van der Waals surface area (Å²) >= 11 is 5.00. The zero-order valence-corrected chi connectivity index (χ0v) is 8.65. The Labute approximate surface area is 84.0 Å². The molecule has 2 heteroatoms. The lowest BCUT2D eigenvalue weighted by atomic mass is 10.2. The molecule has 68 valence electrons. The van der Waals surface area contributed by atoms with Crippen molar-refractivity contribution in [3.8, 4) is 5.75 Å². The minimum atomic E-state index is 0.453. The molecule has 0 aromatic heterocycles. The Morgan fingerprint density at radius 2 is 2.00 bits per heavy atom. The molecule has 0 aliphatic rings. The number of benzene rings is 1. The van der Waals surface area contributed by atoms with Crippen LogP contribution < -0.4 is 4.74 Å². The molecule has 0 saturated carbocycles. The van der Waals surface area contributed by atoms with Gasteiger partial charge in [-0.3, -0.25) is 0 Å². The number of para-hydroxylation sites is 1. The van der Waals surface area contributed by atoms with E-state index in [1.807, 2.05) is 38.1 Å². The Morgan fingerprint density at radius 1 is 1.38 bits per heavy atom. The molecule has 0 aliphatic carbocycles. The predicted octanol–water partition coefficient (Wildman–Crippen LogP) is 3.28. The summed E-state index contributed by atoms with van der Waals surface area (Å²) in [5.74, 6) is 0.801. The Bertz CT molecular complexity index is 342. The van der Waals surface area contributed by atoms with Gasteiger partial charge in [0.25, 0.3) is 0 Å². The molecular weight excluding hydrogens is 180 g/mol. The van der Waals surface area contributed by atoms with E-state index in [2.05, 4.69) is 6.58 Å². The van der Waals surface area contributed by atoms with E-state index < -0.39 is 0 Å². The summed E-state index contributed by atoms with van der Waals surface area (Å²) in [6.45, 7) is 7.53. The van der Waals surface area contributed by atoms with Crippen LogP contribution in [0.4, 0.5) is 0 Å². The summed E-state index contributed by atoms with van der Waals surface area (Å²) in [7, 11) is 0.